The lowest BCUT2D eigenvalue weighted by Crippen LogP contribution is -1.98. The van der Waals surface area contributed by atoms with E-state index in [1.165, 1.54) is 11.3 Å². The van der Waals surface area contributed by atoms with Gasteiger partial charge in [-0.3, -0.25) is 4.79 Å². The Kier molecular flexibility index (Phi) is 4.63. The molecule has 1 heterocycles. The highest BCUT2D eigenvalue weighted by molar-refractivity contribution is 7.13. The Morgan fingerprint density at radius 2 is 2.21 bits per heavy atom. The van der Waals surface area contributed by atoms with Crippen LogP contribution in [0.1, 0.15) is 12.1 Å². The summed E-state index contributed by atoms with van der Waals surface area (Å²) in [5, 5.41) is 15.1. The second kappa shape index (κ2) is 6.23. The van der Waals surface area contributed by atoms with Gasteiger partial charge in [0, 0.05) is 11.8 Å². The van der Waals surface area contributed by atoms with Crippen LogP contribution < -0.4 is 5.32 Å². The zero-order valence-corrected chi connectivity index (χ0v) is 12.0. The SMILES string of the molecule is O=C(O)CCc1csc(Nc2cccc(Cl)c2Cl)n1. The fraction of sp³-hybridized carbons (Fsp3) is 0.167. The molecular formula is C12H10Cl2N2O2S. The van der Waals surface area contributed by atoms with Gasteiger partial charge in [0.15, 0.2) is 5.13 Å². The van der Waals surface area contributed by atoms with Crippen LogP contribution in [0.5, 0.6) is 0 Å². The van der Waals surface area contributed by atoms with Gasteiger partial charge >= 0.3 is 5.97 Å². The second-order valence-electron chi connectivity index (χ2n) is 3.76. The fourth-order valence-electron chi connectivity index (χ4n) is 1.43. The lowest BCUT2D eigenvalue weighted by atomic mass is 10.2. The minimum Gasteiger partial charge on any atom is -0.481 e. The number of rotatable bonds is 5. The van der Waals surface area contributed by atoms with Gasteiger partial charge in [-0.1, -0.05) is 29.3 Å². The van der Waals surface area contributed by atoms with Crippen molar-refractivity contribution in [1.82, 2.24) is 4.98 Å². The molecular weight excluding hydrogens is 307 g/mol. The van der Waals surface area contributed by atoms with Gasteiger partial charge in [-0.15, -0.1) is 11.3 Å². The highest BCUT2D eigenvalue weighted by atomic mass is 35.5. The predicted molar refractivity (Wildman–Crippen MR) is 77.8 cm³/mol. The van der Waals surface area contributed by atoms with Crippen LogP contribution in [0, 0.1) is 0 Å². The molecule has 19 heavy (non-hydrogen) atoms. The van der Waals surface area contributed by atoms with E-state index in [1.54, 1.807) is 18.2 Å². The first-order chi connectivity index (χ1) is 9.06. The molecule has 0 aliphatic rings. The van der Waals surface area contributed by atoms with Gasteiger partial charge in [-0.05, 0) is 12.1 Å². The van der Waals surface area contributed by atoms with Crippen molar-refractivity contribution in [1.29, 1.82) is 0 Å². The lowest BCUT2D eigenvalue weighted by molar-refractivity contribution is -0.136. The summed E-state index contributed by atoms with van der Waals surface area (Å²) in [4.78, 5) is 14.8. The van der Waals surface area contributed by atoms with Crippen LogP contribution in [-0.4, -0.2) is 16.1 Å². The van der Waals surface area contributed by atoms with Crippen LogP contribution in [0.15, 0.2) is 23.6 Å². The maximum atomic E-state index is 10.5. The molecule has 0 unspecified atom stereocenters. The molecule has 4 nitrogen and oxygen atoms in total. The van der Waals surface area contributed by atoms with Crippen LogP contribution in [0.3, 0.4) is 0 Å². The number of aliphatic carboxylic acids is 1. The molecule has 0 saturated carbocycles. The molecule has 0 spiro atoms. The first kappa shape index (κ1) is 14.1. The van der Waals surface area contributed by atoms with Gasteiger partial charge in [0.25, 0.3) is 0 Å². The Morgan fingerprint density at radius 3 is 2.95 bits per heavy atom. The Hall–Kier alpha value is -1.30. The average molecular weight is 317 g/mol. The van der Waals surface area contributed by atoms with Crippen molar-refractivity contribution >= 4 is 51.3 Å². The van der Waals surface area contributed by atoms with E-state index in [4.69, 9.17) is 28.3 Å². The van der Waals surface area contributed by atoms with Crippen molar-refractivity contribution in [2.24, 2.45) is 0 Å². The molecule has 0 amide bonds. The van der Waals surface area contributed by atoms with Crippen LogP contribution in [0.2, 0.25) is 10.0 Å². The number of benzene rings is 1. The number of nitrogens with zero attached hydrogens (tertiary/aromatic N) is 1. The van der Waals surface area contributed by atoms with Gasteiger partial charge in [0.2, 0.25) is 0 Å². The highest BCUT2D eigenvalue weighted by Gasteiger charge is 2.08. The number of thiazole rings is 1. The minimum atomic E-state index is -0.833. The average Bonchev–Trinajstić information content (AvgIpc) is 2.80. The molecule has 2 N–H and O–H groups in total. The Labute approximate surface area is 124 Å². The van der Waals surface area contributed by atoms with Gasteiger partial charge in [-0.25, -0.2) is 4.98 Å². The van der Waals surface area contributed by atoms with Crippen molar-refractivity contribution in [3.8, 4) is 0 Å². The molecule has 2 aromatic rings. The Balaban J connectivity index is 2.07. The standard InChI is InChI=1S/C12H10Cl2N2O2S/c13-8-2-1-3-9(11(8)14)16-12-15-7(6-19-12)4-5-10(17)18/h1-3,6H,4-5H2,(H,15,16)(H,17,18). The second-order valence-corrected chi connectivity index (χ2v) is 5.41. The molecule has 0 atom stereocenters. The zero-order valence-electron chi connectivity index (χ0n) is 9.69. The van der Waals surface area contributed by atoms with E-state index < -0.39 is 5.97 Å². The van der Waals surface area contributed by atoms with E-state index in [2.05, 4.69) is 10.3 Å². The van der Waals surface area contributed by atoms with E-state index in [1.807, 2.05) is 5.38 Å². The van der Waals surface area contributed by atoms with Crippen molar-refractivity contribution in [3.05, 3.63) is 39.3 Å². The van der Waals surface area contributed by atoms with Gasteiger partial charge in [0.05, 0.1) is 27.8 Å². The summed E-state index contributed by atoms with van der Waals surface area (Å²) in [5.74, 6) is -0.833. The molecule has 0 saturated heterocycles. The number of hydrogen-bond acceptors (Lipinski definition) is 4. The van der Waals surface area contributed by atoms with E-state index in [-0.39, 0.29) is 6.42 Å². The third-order valence-electron chi connectivity index (χ3n) is 2.34. The molecule has 2 rings (SSSR count). The van der Waals surface area contributed by atoms with Gasteiger partial charge < -0.3 is 10.4 Å². The Morgan fingerprint density at radius 1 is 1.42 bits per heavy atom. The number of carboxylic acids is 1. The molecule has 0 bridgehead atoms. The van der Waals surface area contributed by atoms with Gasteiger partial charge in [0.1, 0.15) is 0 Å². The summed E-state index contributed by atoms with van der Waals surface area (Å²) in [5.41, 5.74) is 1.42. The molecule has 7 heteroatoms. The van der Waals surface area contributed by atoms with E-state index in [0.717, 1.165) is 5.69 Å². The summed E-state index contributed by atoms with van der Waals surface area (Å²) in [6, 6.07) is 5.29. The predicted octanol–water partition coefficient (Wildman–Crippen LogP) is 4.21. The molecule has 0 fully saturated rings. The van der Waals surface area contributed by atoms with Crippen LogP contribution in [-0.2, 0) is 11.2 Å². The van der Waals surface area contributed by atoms with E-state index in [9.17, 15) is 4.79 Å². The first-order valence-electron chi connectivity index (χ1n) is 5.43. The zero-order chi connectivity index (χ0) is 13.8. The molecule has 100 valence electrons. The van der Waals surface area contributed by atoms with Crippen molar-refractivity contribution in [2.45, 2.75) is 12.8 Å². The van der Waals surface area contributed by atoms with Crippen molar-refractivity contribution in [2.75, 3.05) is 5.32 Å². The van der Waals surface area contributed by atoms with E-state index >= 15 is 0 Å². The number of aromatic nitrogens is 1. The highest BCUT2D eigenvalue weighted by Crippen LogP contribution is 2.32. The third-order valence-corrected chi connectivity index (χ3v) is 3.97. The summed E-state index contributed by atoms with van der Waals surface area (Å²) in [6.07, 6.45) is 0.484. The van der Waals surface area contributed by atoms with Crippen LogP contribution in [0.25, 0.3) is 0 Å². The first-order valence-corrected chi connectivity index (χ1v) is 7.07. The number of halogens is 2. The number of hydrogen-bond donors (Lipinski definition) is 2. The minimum absolute atomic E-state index is 0.0705. The largest absolute Gasteiger partial charge is 0.481 e. The molecule has 1 aromatic heterocycles. The topological polar surface area (TPSA) is 62.2 Å². The summed E-state index contributed by atoms with van der Waals surface area (Å²) < 4.78 is 0. The van der Waals surface area contributed by atoms with Crippen molar-refractivity contribution < 1.29 is 9.90 Å². The summed E-state index contributed by atoms with van der Waals surface area (Å²) in [7, 11) is 0. The Bertz CT molecular complexity index is 601. The maximum absolute atomic E-state index is 10.5. The van der Waals surface area contributed by atoms with E-state index in [0.29, 0.717) is 27.3 Å². The quantitative estimate of drug-likeness (QED) is 0.867. The monoisotopic (exact) mass is 316 g/mol. The maximum Gasteiger partial charge on any atom is 0.303 e. The fourth-order valence-corrected chi connectivity index (χ4v) is 2.53. The normalized spacial score (nSPS) is 10.4. The molecule has 0 aliphatic carbocycles. The third kappa shape index (κ3) is 3.83. The number of aryl methyl sites for hydroxylation is 1. The molecule has 1 aromatic carbocycles. The smallest absolute Gasteiger partial charge is 0.303 e. The van der Waals surface area contributed by atoms with Gasteiger partial charge in [-0.2, -0.15) is 0 Å². The van der Waals surface area contributed by atoms with Crippen molar-refractivity contribution in [3.63, 3.8) is 0 Å². The number of anilines is 2. The summed E-state index contributed by atoms with van der Waals surface area (Å²) in [6.45, 7) is 0. The molecule has 0 aliphatic heterocycles. The van der Waals surface area contributed by atoms with Crippen LogP contribution in [0.4, 0.5) is 10.8 Å². The molecule has 0 radical (unpaired) electrons. The lowest BCUT2D eigenvalue weighted by Gasteiger charge is -2.05. The number of nitrogens with one attached hydrogen (secondary N) is 1. The number of carbonyl (C=O) groups is 1. The summed E-state index contributed by atoms with van der Waals surface area (Å²) >= 11 is 13.4. The number of carboxylic acid groups (broad SMARTS) is 1. The van der Waals surface area contributed by atoms with Crippen LogP contribution >= 0.6 is 34.5 Å².